The Balaban J connectivity index is 3.31. The Hall–Kier alpha value is -1.02. The summed E-state index contributed by atoms with van der Waals surface area (Å²) in [6.45, 7) is 1.71. The minimum absolute atomic E-state index is 0.346. The van der Waals surface area contributed by atoms with Crippen LogP contribution in [0.25, 0.3) is 5.57 Å². The van der Waals surface area contributed by atoms with Gasteiger partial charge in [-0.25, -0.2) is 4.39 Å². The SMILES string of the molecule is C/C(=C\N)c1c(F)cccc1Cl. The van der Waals surface area contributed by atoms with Gasteiger partial charge in [-0.15, -0.1) is 0 Å². The molecule has 1 aromatic carbocycles. The van der Waals surface area contributed by atoms with Gasteiger partial charge in [0.15, 0.2) is 0 Å². The number of hydrogen-bond acceptors (Lipinski definition) is 1. The maximum atomic E-state index is 13.1. The Morgan fingerprint density at radius 2 is 2.25 bits per heavy atom. The Bertz CT molecular complexity index is 300. The predicted octanol–water partition coefficient (Wildman–Crippen LogP) is 2.80. The molecule has 1 nitrogen and oxygen atoms in total. The average Bonchev–Trinajstić information content (AvgIpc) is 2.03. The molecule has 0 heterocycles. The number of benzene rings is 1. The van der Waals surface area contributed by atoms with Crippen molar-refractivity contribution in [3.63, 3.8) is 0 Å². The first kappa shape index (κ1) is 9.07. The summed E-state index contributed by atoms with van der Waals surface area (Å²) in [6.07, 6.45) is 1.34. The van der Waals surface area contributed by atoms with Gasteiger partial charge in [-0.3, -0.25) is 0 Å². The molecule has 0 spiro atoms. The molecule has 0 bridgehead atoms. The van der Waals surface area contributed by atoms with Crippen molar-refractivity contribution < 1.29 is 4.39 Å². The highest BCUT2D eigenvalue weighted by molar-refractivity contribution is 6.32. The first-order valence-electron chi connectivity index (χ1n) is 3.49. The molecule has 0 atom stereocenters. The first-order chi connectivity index (χ1) is 5.66. The molecule has 0 amide bonds. The van der Waals surface area contributed by atoms with E-state index >= 15 is 0 Å². The Morgan fingerprint density at radius 3 is 2.75 bits per heavy atom. The molecule has 0 saturated heterocycles. The molecule has 0 radical (unpaired) electrons. The van der Waals surface area contributed by atoms with Crippen molar-refractivity contribution in [3.8, 4) is 0 Å². The molecule has 0 aliphatic carbocycles. The fourth-order valence-electron chi connectivity index (χ4n) is 0.958. The highest BCUT2D eigenvalue weighted by atomic mass is 35.5. The van der Waals surface area contributed by atoms with Gasteiger partial charge in [-0.1, -0.05) is 17.7 Å². The van der Waals surface area contributed by atoms with Crippen LogP contribution in [0, 0.1) is 5.82 Å². The maximum absolute atomic E-state index is 13.1. The molecule has 1 rings (SSSR count). The van der Waals surface area contributed by atoms with Crippen LogP contribution in [0.15, 0.2) is 24.4 Å². The summed E-state index contributed by atoms with van der Waals surface area (Å²) in [6, 6.07) is 4.55. The minimum atomic E-state index is -0.346. The molecule has 0 aromatic heterocycles. The van der Waals surface area contributed by atoms with Gasteiger partial charge >= 0.3 is 0 Å². The van der Waals surface area contributed by atoms with Crippen molar-refractivity contribution in [3.05, 3.63) is 40.8 Å². The van der Waals surface area contributed by atoms with Crippen LogP contribution >= 0.6 is 11.6 Å². The van der Waals surface area contributed by atoms with Crippen LogP contribution < -0.4 is 5.73 Å². The molecule has 3 heteroatoms. The normalized spacial score (nSPS) is 11.8. The lowest BCUT2D eigenvalue weighted by molar-refractivity contribution is 0.624. The second-order valence-electron chi connectivity index (χ2n) is 2.45. The number of nitrogens with two attached hydrogens (primary N) is 1. The molecule has 2 N–H and O–H groups in total. The third-order valence-electron chi connectivity index (χ3n) is 1.61. The van der Waals surface area contributed by atoms with Crippen LogP contribution in [-0.4, -0.2) is 0 Å². The summed E-state index contributed by atoms with van der Waals surface area (Å²) in [5.41, 5.74) is 6.27. The molecule has 1 aromatic rings. The lowest BCUT2D eigenvalue weighted by Gasteiger charge is -2.04. The van der Waals surface area contributed by atoms with Crippen LogP contribution in [0.4, 0.5) is 4.39 Å². The van der Waals surface area contributed by atoms with Crippen LogP contribution in [0.5, 0.6) is 0 Å². The van der Waals surface area contributed by atoms with Crippen LogP contribution in [0.1, 0.15) is 12.5 Å². The number of hydrogen-bond donors (Lipinski definition) is 1. The van der Waals surface area contributed by atoms with Crippen LogP contribution in [0.3, 0.4) is 0 Å². The quantitative estimate of drug-likeness (QED) is 0.716. The van der Waals surface area contributed by atoms with Gasteiger partial charge in [-0.05, 0) is 30.8 Å². The lowest BCUT2D eigenvalue weighted by atomic mass is 10.1. The van der Waals surface area contributed by atoms with E-state index in [4.69, 9.17) is 17.3 Å². The van der Waals surface area contributed by atoms with Crippen molar-refractivity contribution in [2.75, 3.05) is 0 Å². The lowest BCUT2D eigenvalue weighted by Crippen LogP contribution is -1.91. The zero-order valence-corrected chi connectivity index (χ0v) is 7.40. The topological polar surface area (TPSA) is 26.0 Å². The predicted molar refractivity (Wildman–Crippen MR) is 49.2 cm³/mol. The highest BCUT2D eigenvalue weighted by Gasteiger charge is 2.07. The summed E-state index contributed by atoms with van der Waals surface area (Å²) in [5.74, 6) is -0.346. The van der Waals surface area contributed by atoms with E-state index in [1.807, 2.05) is 0 Å². The molecule has 0 unspecified atom stereocenters. The zero-order valence-electron chi connectivity index (χ0n) is 6.64. The first-order valence-corrected chi connectivity index (χ1v) is 3.87. The van der Waals surface area contributed by atoms with E-state index in [1.165, 1.54) is 12.3 Å². The van der Waals surface area contributed by atoms with Gasteiger partial charge in [0, 0.05) is 5.56 Å². The molecule has 0 saturated carbocycles. The summed E-state index contributed by atoms with van der Waals surface area (Å²) in [4.78, 5) is 0. The number of rotatable bonds is 1. The summed E-state index contributed by atoms with van der Waals surface area (Å²) >= 11 is 5.77. The van der Waals surface area contributed by atoms with Gasteiger partial charge in [-0.2, -0.15) is 0 Å². The average molecular weight is 186 g/mol. The van der Waals surface area contributed by atoms with Crippen molar-refractivity contribution in [2.24, 2.45) is 5.73 Å². The smallest absolute Gasteiger partial charge is 0.132 e. The number of allylic oxidation sites excluding steroid dienone is 1. The van der Waals surface area contributed by atoms with Gasteiger partial charge in [0.05, 0.1) is 5.02 Å². The minimum Gasteiger partial charge on any atom is -0.404 e. The number of halogens is 2. The van der Waals surface area contributed by atoms with E-state index in [-0.39, 0.29) is 5.82 Å². The molecular weight excluding hydrogens is 177 g/mol. The molecule has 12 heavy (non-hydrogen) atoms. The van der Waals surface area contributed by atoms with Gasteiger partial charge in [0.25, 0.3) is 0 Å². The fraction of sp³-hybridized carbons (Fsp3) is 0.111. The molecule has 0 fully saturated rings. The molecule has 0 aliphatic rings. The van der Waals surface area contributed by atoms with E-state index in [0.717, 1.165) is 0 Å². The fourth-order valence-corrected chi connectivity index (χ4v) is 1.27. The maximum Gasteiger partial charge on any atom is 0.132 e. The monoisotopic (exact) mass is 185 g/mol. The van der Waals surface area contributed by atoms with Gasteiger partial charge in [0.1, 0.15) is 5.82 Å². The second kappa shape index (κ2) is 3.59. The van der Waals surface area contributed by atoms with Crippen LogP contribution in [-0.2, 0) is 0 Å². The third kappa shape index (κ3) is 1.59. The van der Waals surface area contributed by atoms with Crippen molar-refractivity contribution >= 4 is 17.2 Å². The summed E-state index contributed by atoms with van der Waals surface area (Å²) < 4.78 is 13.1. The molecular formula is C9H9ClFN. The summed E-state index contributed by atoms with van der Waals surface area (Å²) in [5, 5.41) is 0.384. The van der Waals surface area contributed by atoms with Crippen molar-refractivity contribution in [1.29, 1.82) is 0 Å². The summed E-state index contributed by atoms with van der Waals surface area (Å²) in [7, 11) is 0. The van der Waals surface area contributed by atoms with E-state index in [0.29, 0.717) is 16.2 Å². The largest absolute Gasteiger partial charge is 0.404 e. The van der Waals surface area contributed by atoms with E-state index < -0.39 is 0 Å². The van der Waals surface area contributed by atoms with Crippen LogP contribution in [0.2, 0.25) is 5.02 Å². The van der Waals surface area contributed by atoms with E-state index in [1.54, 1.807) is 19.1 Å². The van der Waals surface area contributed by atoms with Gasteiger partial charge in [0.2, 0.25) is 0 Å². The Morgan fingerprint density at radius 1 is 1.58 bits per heavy atom. The van der Waals surface area contributed by atoms with E-state index in [9.17, 15) is 4.39 Å². The Kier molecular flexibility index (Phi) is 2.71. The van der Waals surface area contributed by atoms with Crippen molar-refractivity contribution in [2.45, 2.75) is 6.92 Å². The van der Waals surface area contributed by atoms with E-state index in [2.05, 4.69) is 0 Å². The molecule has 64 valence electrons. The highest BCUT2D eigenvalue weighted by Crippen LogP contribution is 2.25. The third-order valence-corrected chi connectivity index (χ3v) is 1.92. The molecule has 0 aliphatic heterocycles. The second-order valence-corrected chi connectivity index (χ2v) is 2.85. The standard InChI is InChI=1S/C9H9ClFN/c1-6(5-12)9-7(10)3-2-4-8(9)11/h2-5H,12H2,1H3/b6-5+. The zero-order chi connectivity index (χ0) is 9.14. The van der Waals surface area contributed by atoms with Crippen molar-refractivity contribution in [1.82, 2.24) is 0 Å². The van der Waals surface area contributed by atoms with Gasteiger partial charge < -0.3 is 5.73 Å². The Labute approximate surface area is 75.6 Å².